The summed E-state index contributed by atoms with van der Waals surface area (Å²) in [5.74, 6) is 0. The Morgan fingerprint density at radius 1 is 1.62 bits per heavy atom. The van der Waals surface area contributed by atoms with Gasteiger partial charge in [0.15, 0.2) is 0 Å². The molecule has 8 heavy (non-hydrogen) atoms. The van der Waals surface area contributed by atoms with E-state index < -0.39 is 0 Å². The maximum absolute atomic E-state index is 8.23. The van der Waals surface area contributed by atoms with Crippen LogP contribution >= 0.6 is 0 Å². The maximum atomic E-state index is 8.23. The second-order valence-electron chi connectivity index (χ2n) is 1.89. The fraction of sp³-hybridized carbons (Fsp3) is 0.500. The van der Waals surface area contributed by atoms with Crippen LogP contribution in [0.25, 0.3) is 0 Å². The Morgan fingerprint density at radius 3 is 2.88 bits per heavy atom. The zero-order valence-electron chi connectivity index (χ0n) is 4.67. The number of nitrogens with zero attached hydrogens (tertiary/aromatic N) is 1. The number of oxime groups is 1. The van der Waals surface area contributed by atoms with E-state index in [-0.39, 0.29) is 0 Å². The fourth-order valence-corrected chi connectivity index (χ4v) is 0.787. The van der Waals surface area contributed by atoms with Gasteiger partial charge in [0.05, 0.1) is 5.71 Å². The molecule has 0 saturated heterocycles. The second kappa shape index (κ2) is 2.50. The highest BCUT2D eigenvalue weighted by Crippen LogP contribution is 2.06. The summed E-state index contributed by atoms with van der Waals surface area (Å²) in [5, 5.41) is 11.3. The lowest BCUT2D eigenvalue weighted by Gasteiger charge is -2.01. The molecule has 0 radical (unpaired) electrons. The predicted molar refractivity (Wildman–Crippen MR) is 32.2 cm³/mol. The van der Waals surface area contributed by atoms with Crippen LogP contribution in [0.15, 0.2) is 17.3 Å². The molecule has 0 unspecified atom stereocenters. The Bertz CT molecular complexity index is 126. The quantitative estimate of drug-likeness (QED) is 0.373. The standard InChI is InChI=1S/C6H9NO/c8-7-6-4-2-1-3-5-6/h2,4,8H,1,3,5H2. The molecule has 1 aliphatic rings. The minimum atomic E-state index is 0.802. The molecule has 1 aliphatic carbocycles. The third-order valence-electron chi connectivity index (χ3n) is 1.24. The zero-order valence-corrected chi connectivity index (χ0v) is 4.67. The zero-order chi connectivity index (χ0) is 5.82. The fourth-order valence-electron chi connectivity index (χ4n) is 0.787. The van der Waals surface area contributed by atoms with Crippen molar-refractivity contribution >= 4 is 5.71 Å². The summed E-state index contributed by atoms with van der Waals surface area (Å²) in [4.78, 5) is 0. The minimum absolute atomic E-state index is 0.802. The van der Waals surface area contributed by atoms with E-state index in [2.05, 4.69) is 5.16 Å². The van der Waals surface area contributed by atoms with Crippen molar-refractivity contribution in [2.45, 2.75) is 19.3 Å². The third kappa shape index (κ3) is 1.09. The molecule has 0 aromatic rings. The SMILES string of the molecule is ON=C1C=CCCC1. The lowest BCUT2D eigenvalue weighted by atomic mass is 10.1. The first-order chi connectivity index (χ1) is 3.93. The smallest absolute Gasteiger partial charge is 0.0792 e. The summed E-state index contributed by atoms with van der Waals surface area (Å²) in [7, 11) is 0. The van der Waals surface area contributed by atoms with E-state index in [1.807, 2.05) is 12.2 Å². The second-order valence-corrected chi connectivity index (χ2v) is 1.89. The number of rotatable bonds is 0. The molecule has 0 aliphatic heterocycles. The molecule has 0 bridgehead atoms. The minimum Gasteiger partial charge on any atom is -0.411 e. The van der Waals surface area contributed by atoms with Crippen molar-refractivity contribution in [1.29, 1.82) is 0 Å². The van der Waals surface area contributed by atoms with Crippen LogP contribution in [0.1, 0.15) is 19.3 Å². The molecule has 0 spiro atoms. The molecular formula is C6H9NO. The van der Waals surface area contributed by atoms with E-state index in [1.165, 1.54) is 0 Å². The Hall–Kier alpha value is -0.790. The molecule has 0 aromatic carbocycles. The van der Waals surface area contributed by atoms with E-state index in [1.54, 1.807) is 0 Å². The van der Waals surface area contributed by atoms with Crippen molar-refractivity contribution in [3.8, 4) is 0 Å². The Kier molecular flexibility index (Phi) is 1.67. The Morgan fingerprint density at radius 2 is 2.50 bits per heavy atom. The molecule has 0 atom stereocenters. The summed E-state index contributed by atoms with van der Waals surface area (Å²) in [6.07, 6.45) is 7.06. The number of hydrogen-bond donors (Lipinski definition) is 1. The highest BCUT2D eigenvalue weighted by atomic mass is 16.4. The molecule has 1 rings (SSSR count). The van der Waals surface area contributed by atoms with Crippen molar-refractivity contribution in [2.75, 3.05) is 0 Å². The first kappa shape index (κ1) is 5.35. The van der Waals surface area contributed by atoms with E-state index in [0.717, 1.165) is 25.0 Å². The molecule has 2 heteroatoms. The molecular weight excluding hydrogens is 102 g/mol. The molecule has 0 heterocycles. The Labute approximate surface area is 48.5 Å². The summed E-state index contributed by atoms with van der Waals surface area (Å²) in [6.45, 7) is 0. The van der Waals surface area contributed by atoms with Crippen molar-refractivity contribution in [1.82, 2.24) is 0 Å². The van der Waals surface area contributed by atoms with E-state index in [4.69, 9.17) is 5.21 Å². The van der Waals surface area contributed by atoms with Crippen molar-refractivity contribution in [2.24, 2.45) is 5.16 Å². The molecule has 2 nitrogen and oxygen atoms in total. The van der Waals surface area contributed by atoms with Crippen LogP contribution in [-0.4, -0.2) is 10.9 Å². The van der Waals surface area contributed by atoms with Gasteiger partial charge in [0.2, 0.25) is 0 Å². The van der Waals surface area contributed by atoms with Gasteiger partial charge in [-0.15, -0.1) is 0 Å². The Balaban J connectivity index is 2.56. The van der Waals surface area contributed by atoms with E-state index in [0.29, 0.717) is 0 Å². The lowest BCUT2D eigenvalue weighted by molar-refractivity contribution is 0.318. The number of hydrogen-bond acceptors (Lipinski definition) is 2. The van der Waals surface area contributed by atoms with Gasteiger partial charge in [-0.1, -0.05) is 11.2 Å². The summed E-state index contributed by atoms with van der Waals surface area (Å²) < 4.78 is 0. The molecule has 0 aromatic heterocycles. The van der Waals surface area contributed by atoms with Crippen LogP contribution in [0.4, 0.5) is 0 Å². The van der Waals surface area contributed by atoms with E-state index >= 15 is 0 Å². The first-order valence-corrected chi connectivity index (χ1v) is 2.81. The lowest BCUT2D eigenvalue weighted by Crippen LogP contribution is -1.97. The van der Waals surface area contributed by atoms with Crippen LogP contribution in [0.2, 0.25) is 0 Å². The van der Waals surface area contributed by atoms with Gasteiger partial charge < -0.3 is 5.21 Å². The van der Waals surface area contributed by atoms with Gasteiger partial charge in [0.1, 0.15) is 0 Å². The molecule has 44 valence electrons. The molecule has 1 N–H and O–H groups in total. The highest BCUT2D eigenvalue weighted by Gasteiger charge is 1.98. The number of allylic oxidation sites excluding steroid dienone is 2. The molecule has 0 saturated carbocycles. The maximum Gasteiger partial charge on any atom is 0.0792 e. The average molecular weight is 111 g/mol. The monoisotopic (exact) mass is 111 g/mol. The largest absolute Gasteiger partial charge is 0.411 e. The van der Waals surface area contributed by atoms with Gasteiger partial charge in [0.25, 0.3) is 0 Å². The van der Waals surface area contributed by atoms with E-state index in [9.17, 15) is 0 Å². The third-order valence-corrected chi connectivity index (χ3v) is 1.24. The average Bonchev–Trinajstić information content (AvgIpc) is 1.90. The van der Waals surface area contributed by atoms with Crippen molar-refractivity contribution in [3.63, 3.8) is 0 Å². The summed E-state index contributed by atoms with van der Waals surface area (Å²) in [5.41, 5.74) is 0.802. The van der Waals surface area contributed by atoms with Crippen LogP contribution in [0.5, 0.6) is 0 Å². The van der Waals surface area contributed by atoms with Gasteiger partial charge in [-0.05, 0) is 25.3 Å². The van der Waals surface area contributed by atoms with Crippen LogP contribution in [-0.2, 0) is 0 Å². The molecule has 0 amide bonds. The van der Waals surface area contributed by atoms with Crippen LogP contribution in [0.3, 0.4) is 0 Å². The van der Waals surface area contributed by atoms with Crippen LogP contribution in [0, 0.1) is 0 Å². The molecule has 0 fully saturated rings. The van der Waals surface area contributed by atoms with Crippen molar-refractivity contribution in [3.05, 3.63) is 12.2 Å². The predicted octanol–water partition coefficient (Wildman–Crippen LogP) is 1.56. The van der Waals surface area contributed by atoms with Gasteiger partial charge in [-0.3, -0.25) is 0 Å². The summed E-state index contributed by atoms with van der Waals surface area (Å²) in [6, 6.07) is 0. The van der Waals surface area contributed by atoms with Gasteiger partial charge >= 0.3 is 0 Å². The normalized spacial score (nSPS) is 24.2. The van der Waals surface area contributed by atoms with Gasteiger partial charge in [0, 0.05) is 0 Å². The highest BCUT2D eigenvalue weighted by molar-refractivity contribution is 5.94. The van der Waals surface area contributed by atoms with Crippen LogP contribution < -0.4 is 0 Å². The van der Waals surface area contributed by atoms with Crippen molar-refractivity contribution < 1.29 is 5.21 Å². The first-order valence-electron chi connectivity index (χ1n) is 2.81. The van der Waals surface area contributed by atoms with Gasteiger partial charge in [-0.25, -0.2) is 0 Å². The summed E-state index contributed by atoms with van der Waals surface area (Å²) >= 11 is 0. The topological polar surface area (TPSA) is 32.6 Å². The van der Waals surface area contributed by atoms with Gasteiger partial charge in [-0.2, -0.15) is 0 Å².